The molecule has 0 heterocycles. The Bertz CT molecular complexity index is 595. The molecule has 3 N–H and O–H groups in total. The largest absolute Gasteiger partial charge is 0.481 e. The SMILES string of the molecule is CC(CC(=O)O)NC(=O)Nc1ccc(S(C)(=O)=O)cc1. The molecule has 2 amide bonds. The fraction of sp³-hybridized carbons (Fsp3) is 0.333. The topological polar surface area (TPSA) is 113 Å². The molecule has 110 valence electrons. The average molecular weight is 300 g/mol. The Hall–Kier alpha value is -2.09. The zero-order chi connectivity index (χ0) is 15.3. The summed E-state index contributed by atoms with van der Waals surface area (Å²) in [6.07, 6.45) is 0.913. The number of anilines is 1. The van der Waals surface area contributed by atoms with Crippen LogP contribution in [0.5, 0.6) is 0 Å². The van der Waals surface area contributed by atoms with Gasteiger partial charge in [-0.15, -0.1) is 0 Å². The molecule has 0 fully saturated rings. The van der Waals surface area contributed by atoms with Gasteiger partial charge in [0.05, 0.1) is 11.3 Å². The number of benzene rings is 1. The van der Waals surface area contributed by atoms with E-state index >= 15 is 0 Å². The molecule has 0 bridgehead atoms. The van der Waals surface area contributed by atoms with Crippen molar-refractivity contribution < 1.29 is 23.1 Å². The van der Waals surface area contributed by atoms with Crippen LogP contribution in [0.15, 0.2) is 29.2 Å². The summed E-state index contributed by atoms with van der Waals surface area (Å²) in [6, 6.07) is 4.61. The normalized spacial score (nSPS) is 12.5. The molecule has 7 nitrogen and oxygen atoms in total. The van der Waals surface area contributed by atoms with Gasteiger partial charge in [-0.1, -0.05) is 0 Å². The maximum atomic E-state index is 11.6. The second kappa shape index (κ2) is 6.38. The molecule has 0 saturated carbocycles. The zero-order valence-corrected chi connectivity index (χ0v) is 11.9. The van der Waals surface area contributed by atoms with Gasteiger partial charge < -0.3 is 15.7 Å². The minimum absolute atomic E-state index is 0.155. The van der Waals surface area contributed by atoms with Crippen LogP contribution >= 0.6 is 0 Å². The summed E-state index contributed by atoms with van der Waals surface area (Å²) < 4.78 is 22.5. The number of hydrogen-bond acceptors (Lipinski definition) is 4. The van der Waals surface area contributed by atoms with Gasteiger partial charge >= 0.3 is 12.0 Å². The molecule has 20 heavy (non-hydrogen) atoms. The van der Waals surface area contributed by atoms with E-state index in [1.54, 1.807) is 6.92 Å². The van der Waals surface area contributed by atoms with Crippen LogP contribution in [0, 0.1) is 0 Å². The number of aliphatic carboxylic acids is 1. The lowest BCUT2D eigenvalue weighted by molar-refractivity contribution is -0.137. The van der Waals surface area contributed by atoms with E-state index in [2.05, 4.69) is 10.6 Å². The molecule has 0 aromatic heterocycles. The molecule has 0 aliphatic rings. The number of rotatable bonds is 5. The smallest absolute Gasteiger partial charge is 0.319 e. The van der Waals surface area contributed by atoms with Crippen LogP contribution in [0.25, 0.3) is 0 Å². The first-order valence-corrected chi connectivity index (χ1v) is 7.67. The van der Waals surface area contributed by atoms with Gasteiger partial charge in [-0.05, 0) is 31.2 Å². The van der Waals surface area contributed by atoms with Crippen LogP contribution in [-0.2, 0) is 14.6 Å². The van der Waals surface area contributed by atoms with Crippen molar-refractivity contribution in [1.29, 1.82) is 0 Å². The standard InChI is InChI=1S/C12H16N2O5S/c1-8(7-11(15)16)13-12(17)14-9-3-5-10(6-4-9)20(2,18)19/h3-6,8H,7H2,1-2H3,(H,15,16)(H2,13,14,17). The number of carbonyl (C=O) groups excluding carboxylic acids is 1. The fourth-order valence-corrected chi connectivity index (χ4v) is 2.12. The minimum atomic E-state index is -3.27. The second-order valence-electron chi connectivity index (χ2n) is 4.39. The number of carbonyl (C=O) groups is 2. The van der Waals surface area contributed by atoms with Gasteiger partial charge in [-0.3, -0.25) is 4.79 Å². The summed E-state index contributed by atoms with van der Waals surface area (Å²) >= 11 is 0. The van der Waals surface area contributed by atoms with Crippen LogP contribution in [0.4, 0.5) is 10.5 Å². The molecule has 0 radical (unpaired) electrons. The predicted octanol–water partition coefficient (Wildman–Crippen LogP) is 1.07. The summed E-state index contributed by atoms with van der Waals surface area (Å²) in [5, 5.41) is 13.5. The quantitative estimate of drug-likeness (QED) is 0.753. The van der Waals surface area contributed by atoms with E-state index in [1.165, 1.54) is 24.3 Å². The van der Waals surface area contributed by atoms with Crippen LogP contribution in [-0.4, -0.2) is 37.8 Å². The molecule has 0 aliphatic carbocycles. The lowest BCUT2D eigenvalue weighted by Crippen LogP contribution is -2.37. The maximum Gasteiger partial charge on any atom is 0.319 e. The molecule has 1 aromatic carbocycles. The molecule has 1 atom stereocenters. The number of urea groups is 1. The van der Waals surface area contributed by atoms with Crippen molar-refractivity contribution in [1.82, 2.24) is 5.32 Å². The van der Waals surface area contributed by atoms with Gasteiger partial charge in [0.15, 0.2) is 9.84 Å². The third-order valence-electron chi connectivity index (χ3n) is 2.40. The van der Waals surface area contributed by atoms with Gasteiger partial charge in [0.1, 0.15) is 0 Å². The number of nitrogens with one attached hydrogen (secondary N) is 2. The molecule has 0 saturated heterocycles. The number of sulfone groups is 1. The zero-order valence-electron chi connectivity index (χ0n) is 11.1. The third kappa shape index (κ3) is 5.27. The van der Waals surface area contributed by atoms with Crippen molar-refractivity contribution in [2.45, 2.75) is 24.3 Å². The predicted molar refractivity (Wildman–Crippen MR) is 73.4 cm³/mol. The van der Waals surface area contributed by atoms with E-state index in [-0.39, 0.29) is 11.3 Å². The highest BCUT2D eigenvalue weighted by Crippen LogP contribution is 2.13. The van der Waals surface area contributed by atoms with Gasteiger partial charge in [0.25, 0.3) is 0 Å². The molecular formula is C12H16N2O5S. The van der Waals surface area contributed by atoms with Crippen molar-refractivity contribution in [2.24, 2.45) is 0 Å². The highest BCUT2D eigenvalue weighted by molar-refractivity contribution is 7.90. The van der Waals surface area contributed by atoms with Crippen molar-refractivity contribution >= 4 is 27.5 Å². The Kier molecular flexibility index (Phi) is 5.09. The van der Waals surface area contributed by atoms with Crippen molar-refractivity contribution in [2.75, 3.05) is 11.6 Å². The van der Waals surface area contributed by atoms with E-state index in [9.17, 15) is 18.0 Å². The van der Waals surface area contributed by atoms with E-state index < -0.39 is 27.9 Å². The minimum Gasteiger partial charge on any atom is -0.481 e. The number of hydrogen-bond donors (Lipinski definition) is 3. The van der Waals surface area contributed by atoms with E-state index in [1.807, 2.05) is 0 Å². The van der Waals surface area contributed by atoms with Crippen LogP contribution in [0.1, 0.15) is 13.3 Å². The second-order valence-corrected chi connectivity index (χ2v) is 6.41. The molecule has 1 aromatic rings. The average Bonchev–Trinajstić information content (AvgIpc) is 2.26. The molecule has 1 unspecified atom stereocenters. The molecule has 1 rings (SSSR count). The Morgan fingerprint density at radius 3 is 2.25 bits per heavy atom. The molecular weight excluding hydrogens is 284 g/mol. The maximum absolute atomic E-state index is 11.6. The monoisotopic (exact) mass is 300 g/mol. The Labute approximate surface area is 116 Å². The Morgan fingerprint density at radius 1 is 1.25 bits per heavy atom. The lowest BCUT2D eigenvalue weighted by Gasteiger charge is -2.12. The van der Waals surface area contributed by atoms with E-state index in [0.29, 0.717) is 5.69 Å². The first kappa shape index (κ1) is 16.0. The van der Waals surface area contributed by atoms with E-state index in [0.717, 1.165) is 6.26 Å². The molecule has 8 heteroatoms. The fourth-order valence-electron chi connectivity index (χ4n) is 1.49. The lowest BCUT2D eigenvalue weighted by atomic mass is 10.2. The first-order chi connectivity index (χ1) is 9.18. The summed E-state index contributed by atoms with van der Waals surface area (Å²) in [4.78, 5) is 22.2. The van der Waals surface area contributed by atoms with E-state index in [4.69, 9.17) is 5.11 Å². The number of carboxylic acid groups (broad SMARTS) is 1. The number of carboxylic acids is 1. The van der Waals surface area contributed by atoms with Crippen molar-refractivity contribution in [3.8, 4) is 0 Å². The van der Waals surface area contributed by atoms with Crippen LogP contribution in [0.3, 0.4) is 0 Å². The summed E-state index contributed by atoms with van der Waals surface area (Å²) in [6.45, 7) is 1.57. The summed E-state index contributed by atoms with van der Waals surface area (Å²) in [7, 11) is -3.27. The Morgan fingerprint density at radius 2 is 1.80 bits per heavy atom. The van der Waals surface area contributed by atoms with Gasteiger partial charge in [0, 0.05) is 18.0 Å². The highest BCUT2D eigenvalue weighted by Gasteiger charge is 2.11. The summed E-state index contributed by atoms with van der Waals surface area (Å²) in [5.74, 6) is -1.00. The summed E-state index contributed by atoms with van der Waals surface area (Å²) in [5.41, 5.74) is 0.414. The molecule has 0 aliphatic heterocycles. The molecule has 0 spiro atoms. The van der Waals surface area contributed by atoms with Gasteiger partial charge in [0.2, 0.25) is 0 Å². The van der Waals surface area contributed by atoms with Crippen molar-refractivity contribution in [3.63, 3.8) is 0 Å². The van der Waals surface area contributed by atoms with Crippen LogP contribution in [0.2, 0.25) is 0 Å². The van der Waals surface area contributed by atoms with Gasteiger partial charge in [-0.2, -0.15) is 0 Å². The van der Waals surface area contributed by atoms with Crippen molar-refractivity contribution in [3.05, 3.63) is 24.3 Å². The first-order valence-electron chi connectivity index (χ1n) is 5.78. The Balaban J connectivity index is 2.61. The third-order valence-corrected chi connectivity index (χ3v) is 3.53. The highest BCUT2D eigenvalue weighted by atomic mass is 32.2. The number of amides is 2. The van der Waals surface area contributed by atoms with Gasteiger partial charge in [-0.25, -0.2) is 13.2 Å². The van der Waals surface area contributed by atoms with Crippen LogP contribution < -0.4 is 10.6 Å².